The zero-order valence-corrected chi connectivity index (χ0v) is 16.7. The Morgan fingerprint density at radius 1 is 1.03 bits per heavy atom. The lowest BCUT2D eigenvalue weighted by Gasteiger charge is -2.40. The number of fused-ring (bicyclic) bond motifs is 4. The van der Waals surface area contributed by atoms with Crippen LogP contribution >= 0.6 is 23.2 Å². The minimum Gasteiger partial charge on any atom is -0.357 e. The van der Waals surface area contributed by atoms with Crippen molar-refractivity contribution in [2.45, 2.75) is 19.0 Å². The molecule has 2 aliphatic heterocycles. The number of benzene rings is 2. The number of rotatable bonds is 2. The largest absolute Gasteiger partial charge is 0.357 e. The molecule has 0 aliphatic carbocycles. The van der Waals surface area contributed by atoms with Crippen LogP contribution in [0.1, 0.15) is 16.8 Å². The molecule has 0 radical (unpaired) electrons. The van der Waals surface area contributed by atoms with Gasteiger partial charge in [0.15, 0.2) is 0 Å². The van der Waals surface area contributed by atoms with Crippen LogP contribution in [0.5, 0.6) is 0 Å². The number of H-pyrrole nitrogens is 1. The van der Waals surface area contributed by atoms with Crippen LogP contribution in [0, 0.1) is 0 Å². The van der Waals surface area contributed by atoms with E-state index < -0.39 is 6.04 Å². The molecule has 2 aromatic carbocycles. The number of hydrazone groups is 1. The minimum atomic E-state index is -0.568. The smallest absolute Gasteiger partial charge is 0.266 e. The zero-order valence-electron chi connectivity index (χ0n) is 15.2. The first-order chi connectivity index (χ1) is 14.0. The van der Waals surface area contributed by atoms with E-state index in [1.54, 1.807) is 23.1 Å². The molecule has 8 heteroatoms. The number of aromatic amines is 1. The number of para-hydroxylation sites is 1. The van der Waals surface area contributed by atoms with Gasteiger partial charge in [0.2, 0.25) is 5.91 Å². The SMILES string of the molecule is O=C1[C@H]2Cc3c([nH]c4ccccc34)CN2C(=O)CN1/N=C\c1c(Cl)cccc1Cl. The second kappa shape index (κ2) is 6.90. The van der Waals surface area contributed by atoms with Gasteiger partial charge < -0.3 is 9.88 Å². The molecule has 1 fully saturated rings. The summed E-state index contributed by atoms with van der Waals surface area (Å²) in [5.74, 6) is -0.346. The Labute approximate surface area is 176 Å². The van der Waals surface area contributed by atoms with Gasteiger partial charge in [0, 0.05) is 28.6 Å². The molecule has 2 aliphatic rings. The number of piperazine rings is 1. The lowest BCUT2D eigenvalue weighted by molar-refractivity contribution is -0.157. The topological polar surface area (TPSA) is 68.8 Å². The number of nitrogens with one attached hydrogen (secondary N) is 1. The highest BCUT2D eigenvalue weighted by Crippen LogP contribution is 2.32. The molecular formula is C21H16Cl2N4O2. The van der Waals surface area contributed by atoms with Crippen LogP contribution in [0.25, 0.3) is 10.9 Å². The van der Waals surface area contributed by atoms with Gasteiger partial charge in [-0.15, -0.1) is 0 Å². The summed E-state index contributed by atoms with van der Waals surface area (Å²) in [5, 5.41) is 7.40. The Morgan fingerprint density at radius 3 is 2.59 bits per heavy atom. The number of amides is 2. The summed E-state index contributed by atoms with van der Waals surface area (Å²) >= 11 is 12.3. The Balaban J connectivity index is 1.46. The number of aromatic nitrogens is 1. The van der Waals surface area contributed by atoms with E-state index in [2.05, 4.69) is 10.1 Å². The predicted molar refractivity (Wildman–Crippen MR) is 112 cm³/mol. The second-order valence-corrected chi connectivity index (χ2v) is 7.96. The Morgan fingerprint density at radius 2 is 1.79 bits per heavy atom. The maximum Gasteiger partial charge on any atom is 0.266 e. The van der Waals surface area contributed by atoms with Crippen molar-refractivity contribution in [3.8, 4) is 0 Å². The summed E-state index contributed by atoms with van der Waals surface area (Å²) in [6.07, 6.45) is 1.90. The summed E-state index contributed by atoms with van der Waals surface area (Å²) in [4.78, 5) is 30.9. The monoisotopic (exact) mass is 426 g/mol. The van der Waals surface area contributed by atoms with Gasteiger partial charge in [-0.25, -0.2) is 5.01 Å². The number of nitrogens with zero attached hydrogens (tertiary/aromatic N) is 3. The molecule has 0 unspecified atom stereocenters. The highest BCUT2D eigenvalue weighted by atomic mass is 35.5. The standard InChI is InChI=1S/C21H16Cl2N4O2/c22-15-5-3-6-16(23)14(15)9-24-27-11-20(28)26-10-18-13(8-19(26)21(27)29)12-4-1-2-7-17(12)25-18/h1-7,9,19,25H,8,10-11H2/b24-9-/t19-/m1/s1. The van der Waals surface area contributed by atoms with Crippen molar-refractivity contribution in [2.24, 2.45) is 5.10 Å². The van der Waals surface area contributed by atoms with E-state index >= 15 is 0 Å². The Kier molecular flexibility index (Phi) is 4.33. The number of hydrogen-bond donors (Lipinski definition) is 1. The highest BCUT2D eigenvalue weighted by molar-refractivity contribution is 6.38. The van der Waals surface area contributed by atoms with E-state index in [1.165, 1.54) is 11.2 Å². The Bertz CT molecular complexity index is 1170. The van der Waals surface area contributed by atoms with Crippen LogP contribution in [0.15, 0.2) is 47.6 Å². The van der Waals surface area contributed by atoms with E-state index in [4.69, 9.17) is 23.2 Å². The number of halogens is 2. The van der Waals surface area contributed by atoms with Crippen LogP contribution in [0.3, 0.4) is 0 Å². The second-order valence-electron chi connectivity index (χ2n) is 7.15. The molecule has 2 amide bonds. The van der Waals surface area contributed by atoms with Crippen LogP contribution in [-0.2, 0) is 22.6 Å². The van der Waals surface area contributed by atoms with Crippen molar-refractivity contribution in [1.82, 2.24) is 14.9 Å². The molecule has 3 aromatic rings. The summed E-state index contributed by atoms with van der Waals surface area (Å²) in [6, 6.07) is 12.5. The van der Waals surface area contributed by atoms with Gasteiger partial charge in [0.1, 0.15) is 12.6 Å². The Hall–Kier alpha value is -2.83. The number of hydrogen-bond acceptors (Lipinski definition) is 3. The molecule has 29 heavy (non-hydrogen) atoms. The van der Waals surface area contributed by atoms with Gasteiger partial charge in [-0.2, -0.15) is 5.10 Å². The van der Waals surface area contributed by atoms with Crippen molar-refractivity contribution >= 4 is 52.1 Å². The van der Waals surface area contributed by atoms with Crippen molar-refractivity contribution < 1.29 is 9.59 Å². The van der Waals surface area contributed by atoms with Crippen LogP contribution in [0.4, 0.5) is 0 Å². The molecule has 0 bridgehead atoms. The summed E-state index contributed by atoms with van der Waals surface area (Å²) in [7, 11) is 0. The average Bonchev–Trinajstić information content (AvgIpc) is 3.07. The first-order valence-electron chi connectivity index (χ1n) is 9.20. The van der Waals surface area contributed by atoms with Gasteiger partial charge in [-0.1, -0.05) is 47.5 Å². The average molecular weight is 427 g/mol. The minimum absolute atomic E-state index is 0.108. The maximum atomic E-state index is 13.1. The molecule has 146 valence electrons. The molecule has 0 saturated carbocycles. The third-order valence-corrected chi connectivity index (χ3v) is 6.13. The molecule has 1 aromatic heterocycles. The van der Waals surface area contributed by atoms with Crippen LogP contribution < -0.4 is 0 Å². The molecule has 1 atom stereocenters. The normalized spacial score (nSPS) is 19.2. The number of carbonyl (C=O) groups excluding carboxylic acids is 2. The first-order valence-corrected chi connectivity index (χ1v) is 9.96. The van der Waals surface area contributed by atoms with Crippen molar-refractivity contribution in [1.29, 1.82) is 0 Å². The van der Waals surface area contributed by atoms with Crippen LogP contribution in [-0.4, -0.2) is 45.5 Å². The lowest BCUT2D eigenvalue weighted by Crippen LogP contribution is -2.60. The van der Waals surface area contributed by atoms with Crippen molar-refractivity contribution in [2.75, 3.05) is 6.54 Å². The summed E-state index contributed by atoms with van der Waals surface area (Å²) < 4.78 is 0. The molecule has 1 N–H and O–H groups in total. The quantitative estimate of drug-likeness (QED) is 0.635. The number of carbonyl (C=O) groups is 2. The van der Waals surface area contributed by atoms with Crippen molar-refractivity contribution in [3.63, 3.8) is 0 Å². The summed E-state index contributed by atoms with van der Waals surface area (Å²) in [5.41, 5.74) is 3.60. The van der Waals surface area contributed by atoms with E-state index in [0.717, 1.165) is 22.2 Å². The van der Waals surface area contributed by atoms with Crippen LogP contribution in [0.2, 0.25) is 10.0 Å². The van der Waals surface area contributed by atoms with E-state index in [0.29, 0.717) is 28.6 Å². The molecule has 5 rings (SSSR count). The molecule has 1 saturated heterocycles. The molecular weight excluding hydrogens is 411 g/mol. The summed E-state index contributed by atoms with van der Waals surface area (Å²) in [6.45, 7) is 0.288. The lowest BCUT2D eigenvalue weighted by atomic mass is 9.94. The molecule has 0 spiro atoms. The van der Waals surface area contributed by atoms with Gasteiger partial charge in [-0.3, -0.25) is 9.59 Å². The maximum absolute atomic E-state index is 13.1. The van der Waals surface area contributed by atoms with E-state index in [1.807, 2.05) is 24.3 Å². The van der Waals surface area contributed by atoms with Gasteiger partial charge in [0.25, 0.3) is 5.91 Å². The third-order valence-electron chi connectivity index (χ3n) is 5.47. The van der Waals surface area contributed by atoms with Crippen molar-refractivity contribution in [3.05, 3.63) is 69.3 Å². The fourth-order valence-corrected chi connectivity index (χ4v) is 4.51. The first kappa shape index (κ1) is 18.2. The third kappa shape index (κ3) is 2.99. The highest BCUT2D eigenvalue weighted by Gasteiger charge is 2.43. The predicted octanol–water partition coefficient (Wildman–Crippen LogP) is 3.60. The van der Waals surface area contributed by atoms with Gasteiger partial charge in [0.05, 0.1) is 22.8 Å². The van der Waals surface area contributed by atoms with Gasteiger partial charge >= 0.3 is 0 Å². The van der Waals surface area contributed by atoms with Gasteiger partial charge in [-0.05, 0) is 23.8 Å². The zero-order chi connectivity index (χ0) is 20.1. The molecule has 6 nitrogen and oxygen atoms in total. The fourth-order valence-electron chi connectivity index (χ4n) is 4.02. The van der Waals surface area contributed by atoms with E-state index in [9.17, 15) is 9.59 Å². The fraction of sp³-hybridized carbons (Fsp3) is 0.190. The molecule has 3 heterocycles. The van der Waals surface area contributed by atoms with E-state index in [-0.39, 0.29) is 18.4 Å².